The van der Waals surface area contributed by atoms with E-state index in [2.05, 4.69) is 10.4 Å². The summed E-state index contributed by atoms with van der Waals surface area (Å²) in [5.74, 6) is -0.0512. The van der Waals surface area contributed by atoms with E-state index < -0.39 is 17.8 Å². The summed E-state index contributed by atoms with van der Waals surface area (Å²) < 4.78 is 44.9. The van der Waals surface area contributed by atoms with E-state index in [1.807, 2.05) is 0 Å². The minimum Gasteiger partial charge on any atom is -0.438 e. The van der Waals surface area contributed by atoms with Crippen LogP contribution in [0.2, 0.25) is 5.02 Å². The molecular weight excluding hydrogens is 395 g/mol. The molecule has 0 saturated carbocycles. The van der Waals surface area contributed by atoms with Gasteiger partial charge in [-0.1, -0.05) is 29.8 Å². The highest BCUT2D eigenvalue weighted by Crippen LogP contribution is 2.32. The van der Waals surface area contributed by atoms with Crippen molar-refractivity contribution < 1.29 is 22.7 Å². The Morgan fingerprint density at radius 1 is 1.14 bits per heavy atom. The Hall–Kier alpha value is -3.00. The standard InChI is InChI=1S/C19H15ClF3N3O2/c1-11-5-3-8-15(20)17(11)24-18(27)26-12(2)9-16(25-26)28-14-7-4-6-13(10-14)19(21,22)23/h3-10H,1-2H3,(H,24,27). The lowest BCUT2D eigenvalue weighted by Crippen LogP contribution is -2.22. The van der Waals surface area contributed by atoms with Crippen LogP contribution in [0.4, 0.5) is 23.7 Å². The quantitative estimate of drug-likeness (QED) is 0.573. The van der Waals surface area contributed by atoms with E-state index in [-0.39, 0.29) is 11.6 Å². The smallest absolute Gasteiger partial charge is 0.416 e. The Balaban J connectivity index is 1.81. The van der Waals surface area contributed by atoms with Gasteiger partial charge in [-0.05, 0) is 43.7 Å². The zero-order valence-corrected chi connectivity index (χ0v) is 15.6. The van der Waals surface area contributed by atoms with Gasteiger partial charge in [0, 0.05) is 6.07 Å². The van der Waals surface area contributed by atoms with E-state index >= 15 is 0 Å². The van der Waals surface area contributed by atoms with Crippen molar-refractivity contribution in [3.63, 3.8) is 0 Å². The lowest BCUT2D eigenvalue weighted by atomic mass is 10.2. The van der Waals surface area contributed by atoms with E-state index in [1.165, 1.54) is 18.2 Å². The van der Waals surface area contributed by atoms with Crippen LogP contribution >= 0.6 is 11.6 Å². The van der Waals surface area contributed by atoms with Crippen molar-refractivity contribution in [3.05, 3.63) is 70.4 Å². The van der Waals surface area contributed by atoms with Gasteiger partial charge in [0.25, 0.3) is 0 Å². The molecule has 28 heavy (non-hydrogen) atoms. The molecule has 0 spiro atoms. The first-order valence-electron chi connectivity index (χ1n) is 8.13. The molecule has 0 radical (unpaired) electrons. The molecule has 0 bridgehead atoms. The molecule has 0 atom stereocenters. The van der Waals surface area contributed by atoms with Crippen LogP contribution in [0.3, 0.4) is 0 Å². The fourth-order valence-electron chi connectivity index (χ4n) is 2.51. The number of alkyl halides is 3. The summed E-state index contributed by atoms with van der Waals surface area (Å²) in [7, 11) is 0. The summed E-state index contributed by atoms with van der Waals surface area (Å²) in [5.41, 5.74) is 0.813. The van der Waals surface area contributed by atoms with Crippen molar-refractivity contribution in [3.8, 4) is 11.6 Å². The van der Waals surface area contributed by atoms with Gasteiger partial charge in [-0.3, -0.25) is 0 Å². The number of benzene rings is 2. The van der Waals surface area contributed by atoms with Crippen LogP contribution in [0.1, 0.15) is 16.8 Å². The van der Waals surface area contributed by atoms with Gasteiger partial charge in [-0.2, -0.15) is 17.9 Å². The first-order valence-corrected chi connectivity index (χ1v) is 8.51. The van der Waals surface area contributed by atoms with Crippen LogP contribution in [0.15, 0.2) is 48.5 Å². The zero-order chi connectivity index (χ0) is 20.5. The first kappa shape index (κ1) is 19.8. The molecule has 1 heterocycles. The Morgan fingerprint density at radius 3 is 2.54 bits per heavy atom. The fraction of sp³-hybridized carbons (Fsp3) is 0.158. The van der Waals surface area contributed by atoms with E-state index in [4.69, 9.17) is 16.3 Å². The number of rotatable bonds is 3. The predicted octanol–water partition coefficient (Wildman–Crippen LogP) is 6.04. The maximum atomic E-state index is 12.8. The van der Waals surface area contributed by atoms with Gasteiger partial charge in [-0.25, -0.2) is 4.79 Å². The average Bonchev–Trinajstić information content (AvgIpc) is 2.98. The molecule has 0 unspecified atom stereocenters. The molecule has 0 aliphatic heterocycles. The second-order valence-corrected chi connectivity index (χ2v) is 6.43. The number of nitrogens with zero attached hydrogens (tertiary/aromatic N) is 2. The third kappa shape index (κ3) is 4.28. The molecule has 3 rings (SSSR count). The molecule has 2 aromatic carbocycles. The molecule has 0 fully saturated rings. The van der Waals surface area contributed by atoms with Gasteiger partial charge in [0.05, 0.1) is 22.0 Å². The summed E-state index contributed by atoms with van der Waals surface area (Å²) in [6.45, 7) is 3.41. The van der Waals surface area contributed by atoms with Crippen LogP contribution in [-0.4, -0.2) is 15.8 Å². The molecule has 1 N–H and O–H groups in total. The van der Waals surface area contributed by atoms with Crippen LogP contribution < -0.4 is 10.1 Å². The van der Waals surface area contributed by atoms with E-state index in [0.717, 1.165) is 22.4 Å². The predicted molar refractivity (Wildman–Crippen MR) is 99.1 cm³/mol. The number of nitrogens with one attached hydrogen (secondary N) is 1. The van der Waals surface area contributed by atoms with Gasteiger partial charge in [0.2, 0.25) is 5.88 Å². The average molecular weight is 410 g/mol. The number of carbonyl (C=O) groups is 1. The molecule has 146 valence electrons. The molecule has 1 amide bonds. The number of aryl methyl sites for hydroxylation is 2. The highest BCUT2D eigenvalue weighted by atomic mass is 35.5. The van der Waals surface area contributed by atoms with Crippen molar-refractivity contribution >= 4 is 23.3 Å². The molecule has 0 aliphatic carbocycles. The minimum absolute atomic E-state index is 0.0112. The Morgan fingerprint density at radius 2 is 1.86 bits per heavy atom. The number of ether oxygens (including phenoxy) is 1. The molecule has 9 heteroatoms. The summed E-state index contributed by atoms with van der Waals surface area (Å²) in [6.07, 6.45) is -4.48. The largest absolute Gasteiger partial charge is 0.438 e. The zero-order valence-electron chi connectivity index (χ0n) is 14.8. The van der Waals surface area contributed by atoms with Gasteiger partial charge in [0.1, 0.15) is 5.75 Å². The molecule has 0 saturated heterocycles. The van der Waals surface area contributed by atoms with Gasteiger partial charge in [-0.15, -0.1) is 5.10 Å². The number of carbonyl (C=O) groups excluding carboxylic acids is 1. The van der Waals surface area contributed by atoms with Crippen LogP contribution in [0.25, 0.3) is 0 Å². The Kier molecular flexibility index (Phi) is 5.33. The minimum atomic E-state index is -4.48. The van der Waals surface area contributed by atoms with Crippen molar-refractivity contribution in [1.29, 1.82) is 0 Å². The third-order valence-corrected chi connectivity index (χ3v) is 4.21. The van der Waals surface area contributed by atoms with Gasteiger partial charge >= 0.3 is 12.2 Å². The summed E-state index contributed by atoms with van der Waals surface area (Å²) >= 11 is 6.10. The number of para-hydroxylation sites is 1. The summed E-state index contributed by atoms with van der Waals surface area (Å²) in [4.78, 5) is 12.5. The maximum absolute atomic E-state index is 12.8. The lowest BCUT2D eigenvalue weighted by Gasteiger charge is -2.10. The third-order valence-electron chi connectivity index (χ3n) is 3.90. The molecule has 3 aromatic rings. The summed E-state index contributed by atoms with van der Waals surface area (Å²) in [5, 5.41) is 7.05. The number of anilines is 1. The van der Waals surface area contributed by atoms with Gasteiger partial charge < -0.3 is 10.1 Å². The normalized spacial score (nSPS) is 11.4. The van der Waals surface area contributed by atoms with E-state index in [1.54, 1.807) is 32.0 Å². The van der Waals surface area contributed by atoms with Gasteiger partial charge in [0.15, 0.2) is 0 Å². The molecule has 1 aromatic heterocycles. The van der Waals surface area contributed by atoms with E-state index in [0.29, 0.717) is 16.4 Å². The number of hydrogen-bond acceptors (Lipinski definition) is 3. The molecule has 0 aliphatic rings. The van der Waals surface area contributed by atoms with Crippen molar-refractivity contribution in [2.45, 2.75) is 20.0 Å². The maximum Gasteiger partial charge on any atom is 0.416 e. The van der Waals surface area contributed by atoms with Crippen molar-refractivity contribution in [2.75, 3.05) is 5.32 Å². The number of amides is 1. The van der Waals surface area contributed by atoms with E-state index in [9.17, 15) is 18.0 Å². The van der Waals surface area contributed by atoms with Crippen molar-refractivity contribution in [2.24, 2.45) is 0 Å². The summed E-state index contributed by atoms with van der Waals surface area (Å²) in [6, 6.07) is 10.5. The van der Waals surface area contributed by atoms with Crippen LogP contribution in [0, 0.1) is 13.8 Å². The number of halogens is 4. The first-order chi connectivity index (χ1) is 13.1. The number of hydrogen-bond donors (Lipinski definition) is 1. The van der Waals surface area contributed by atoms with Crippen molar-refractivity contribution in [1.82, 2.24) is 9.78 Å². The Bertz CT molecular complexity index is 1010. The highest BCUT2D eigenvalue weighted by Gasteiger charge is 2.30. The number of aromatic nitrogens is 2. The lowest BCUT2D eigenvalue weighted by molar-refractivity contribution is -0.137. The fourth-order valence-corrected chi connectivity index (χ4v) is 2.78. The second-order valence-electron chi connectivity index (χ2n) is 6.03. The topological polar surface area (TPSA) is 56.2 Å². The SMILES string of the molecule is Cc1cccc(Cl)c1NC(=O)n1nc(Oc2cccc(C(F)(F)F)c2)cc1C. The second kappa shape index (κ2) is 7.55. The van der Waals surface area contributed by atoms with Crippen LogP contribution in [0.5, 0.6) is 11.6 Å². The molecule has 5 nitrogen and oxygen atoms in total. The highest BCUT2D eigenvalue weighted by molar-refractivity contribution is 6.33. The molecular formula is C19H15ClF3N3O2. The van der Waals surface area contributed by atoms with Crippen LogP contribution in [-0.2, 0) is 6.18 Å². The Labute approximate surface area is 163 Å². The monoisotopic (exact) mass is 409 g/mol.